The minimum Gasteiger partial charge on any atom is -0.479 e. The monoisotopic (exact) mass is 325 g/mol. The lowest BCUT2D eigenvalue weighted by Crippen LogP contribution is -2.35. The van der Waals surface area contributed by atoms with Crippen molar-refractivity contribution >= 4 is 27.8 Å². The maximum atomic E-state index is 11.8. The Balaban J connectivity index is 2.01. The molecule has 0 aromatic heterocycles. The van der Waals surface area contributed by atoms with Crippen molar-refractivity contribution in [2.75, 3.05) is 0 Å². The molecule has 1 aromatic carbocycles. The molecule has 0 spiro atoms. The van der Waals surface area contributed by atoms with Crippen LogP contribution in [0.4, 0.5) is 0 Å². The van der Waals surface area contributed by atoms with E-state index in [2.05, 4.69) is 21.2 Å². The van der Waals surface area contributed by atoms with Crippen molar-refractivity contribution in [2.45, 2.75) is 31.7 Å². The van der Waals surface area contributed by atoms with E-state index in [1.807, 2.05) is 0 Å². The number of amides is 1. The zero-order chi connectivity index (χ0) is 13.8. The highest BCUT2D eigenvalue weighted by Crippen LogP contribution is 2.29. The van der Waals surface area contributed by atoms with Crippen molar-refractivity contribution in [2.24, 2.45) is 5.92 Å². The number of hydrogen-bond acceptors (Lipinski definition) is 2. The molecule has 102 valence electrons. The van der Waals surface area contributed by atoms with E-state index < -0.39 is 12.0 Å². The summed E-state index contributed by atoms with van der Waals surface area (Å²) in [4.78, 5) is 23.1. The summed E-state index contributed by atoms with van der Waals surface area (Å²) in [5, 5.41) is 11.8. The summed E-state index contributed by atoms with van der Waals surface area (Å²) in [5.41, 5.74) is 0.581. The Hall–Kier alpha value is -1.36. The SMILES string of the molecule is O=C(CC1CCC1)NC(C(=O)O)c1ccc(Br)cc1. The molecule has 1 fully saturated rings. The number of carboxylic acid groups (broad SMARTS) is 1. The molecule has 1 unspecified atom stereocenters. The number of rotatable bonds is 5. The van der Waals surface area contributed by atoms with Crippen LogP contribution in [0.3, 0.4) is 0 Å². The number of benzene rings is 1. The van der Waals surface area contributed by atoms with Crippen LogP contribution >= 0.6 is 15.9 Å². The van der Waals surface area contributed by atoms with Gasteiger partial charge in [-0.05, 0) is 36.5 Å². The molecule has 5 heteroatoms. The summed E-state index contributed by atoms with van der Waals surface area (Å²) in [6.45, 7) is 0. The fourth-order valence-electron chi connectivity index (χ4n) is 2.12. The molecule has 1 atom stereocenters. The molecule has 2 rings (SSSR count). The minimum atomic E-state index is -1.04. The van der Waals surface area contributed by atoms with Crippen molar-refractivity contribution in [3.63, 3.8) is 0 Å². The predicted molar refractivity (Wildman–Crippen MR) is 74.6 cm³/mol. The molecule has 1 amide bonds. The van der Waals surface area contributed by atoms with Gasteiger partial charge in [0.1, 0.15) is 0 Å². The maximum absolute atomic E-state index is 11.8. The largest absolute Gasteiger partial charge is 0.479 e. The molecular formula is C14H16BrNO3. The zero-order valence-corrected chi connectivity index (χ0v) is 12.0. The van der Waals surface area contributed by atoms with E-state index in [0.717, 1.165) is 17.3 Å². The summed E-state index contributed by atoms with van der Waals surface area (Å²) >= 11 is 3.30. The summed E-state index contributed by atoms with van der Waals surface area (Å²) in [6.07, 6.45) is 3.75. The van der Waals surface area contributed by atoms with Crippen LogP contribution in [-0.2, 0) is 9.59 Å². The third-order valence-corrected chi connectivity index (χ3v) is 3.98. The third-order valence-electron chi connectivity index (χ3n) is 3.45. The van der Waals surface area contributed by atoms with Gasteiger partial charge in [-0.15, -0.1) is 0 Å². The fraction of sp³-hybridized carbons (Fsp3) is 0.429. The first-order valence-corrected chi connectivity index (χ1v) is 7.13. The number of aliphatic carboxylic acids is 1. The number of carbonyl (C=O) groups excluding carboxylic acids is 1. The molecule has 0 saturated heterocycles. The summed E-state index contributed by atoms with van der Waals surface area (Å²) < 4.78 is 0.876. The zero-order valence-electron chi connectivity index (χ0n) is 10.4. The smallest absolute Gasteiger partial charge is 0.330 e. The minimum absolute atomic E-state index is 0.181. The van der Waals surface area contributed by atoms with Crippen LogP contribution in [0.1, 0.15) is 37.3 Å². The van der Waals surface area contributed by atoms with Crippen molar-refractivity contribution in [3.8, 4) is 0 Å². The molecule has 4 nitrogen and oxygen atoms in total. The quantitative estimate of drug-likeness (QED) is 0.874. The van der Waals surface area contributed by atoms with Crippen LogP contribution < -0.4 is 5.32 Å². The molecule has 0 bridgehead atoms. The molecule has 0 aliphatic heterocycles. The van der Waals surface area contributed by atoms with Crippen molar-refractivity contribution in [3.05, 3.63) is 34.3 Å². The first-order chi connectivity index (χ1) is 9.06. The Morgan fingerprint density at radius 1 is 1.32 bits per heavy atom. The Morgan fingerprint density at radius 3 is 2.42 bits per heavy atom. The summed E-state index contributed by atoms with van der Waals surface area (Å²) in [6, 6.07) is 5.96. The van der Waals surface area contributed by atoms with E-state index in [9.17, 15) is 14.7 Å². The molecule has 2 N–H and O–H groups in total. The number of carbonyl (C=O) groups is 2. The molecular weight excluding hydrogens is 310 g/mol. The summed E-state index contributed by atoms with van der Waals surface area (Å²) in [7, 11) is 0. The van der Waals surface area contributed by atoms with Gasteiger partial charge in [0.15, 0.2) is 6.04 Å². The lowest BCUT2D eigenvalue weighted by molar-refractivity contribution is -0.142. The van der Waals surface area contributed by atoms with Gasteiger partial charge in [-0.25, -0.2) is 4.79 Å². The van der Waals surface area contributed by atoms with E-state index in [0.29, 0.717) is 17.9 Å². The van der Waals surface area contributed by atoms with Gasteiger partial charge >= 0.3 is 5.97 Å². The average Bonchev–Trinajstić information content (AvgIpc) is 2.32. The van der Waals surface area contributed by atoms with Crippen molar-refractivity contribution in [1.29, 1.82) is 0 Å². The van der Waals surface area contributed by atoms with Gasteiger partial charge in [-0.1, -0.05) is 34.5 Å². The highest BCUT2D eigenvalue weighted by Gasteiger charge is 2.25. The lowest BCUT2D eigenvalue weighted by atomic mass is 9.83. The molecule has 0 radical (unpaired) electrons. The highest BCUT2D eigenvalue weighted by atomic mass is 79.9. The first-order valence-electron chi connectivity index (χ1n) is 6.34. The third kappa shape index (κ3) is 3.80. The summed E-state index contributed by atoms with van der Waals surface area (Å²) in [5.74, 6) is -0.788. The Labute approximate surface area is 120 Å². The van der Waals surface area contributed by atoms with Gasteiger partial charge in [0.2, 0.25) is 5.91 Å². The fourth-order valence-corrected chi connectivity index (χ4v) is 2.39. The van der Waals surface area contributed by atoms with Gasteiger partial charge in [0.25, 0.3) is 0 Å². The van der Waals surface area contributed by atoms with E-state index in [4.69, 9.17) is 0 Å². The number of hydrogen-bond donors (Lipinski definition) is 2. The molecule has 1 aliphatic carbocycles. The standard InChI is InChI=1S/C14H16BrNO3/c15-11-6-4-10(5-7-11)13(14(18)19)16-12(17)8-9-2-1-3-9/h4-7,9,13H,1-3,8H2,(H,16,17)(H,18,19). The molecule has 1 aliphatic rings. The molecule has 0 heterocycles. The van der Waals surface area contributed by atoms with E-state index >= 15 is 0 Å². The highest BCUT2D eigenvalue weighted by molar-refractivity contribution is 9.10. The number of halogens is 1. The van der Waals surface area contributed by atoms with Crippen LogP contribution in [0, 0.1) is 5.92 Å². The molecule has 1 saturated carbocycles. The van der Waals surface area contributed by atoms with Crippen LogP contribution in [0.25, 0.3) is 0 Å². The maximum Gasteiger partial charge on any atom is 0.330 e. The van der Waals surface area contributed by atoms with Crippen LogP contribution in [-0.4, -0.2) is 17.0 Å². The van der Waals surface area contributed by atoms with Gasteiger partial charge in [0, 0.05) is 10.9 Å². The Bertz CT molecular complexity index is 468. The lowest BCUT2D eigenvalue weighted by Gasteiger charge is -2.25. The second-order valence-corrected chi connectivity index (χ2v) is 5.81. The predicted octanol–water partition coefficient (Wildman–Crippen LogP) is 2.88. The first kappa shape index (κ1) is 14.1. The Kier molecular flexibility index (Phi) is 4.58. The van der Waals surface area contributed by atoms with Gasteiger partial charge < -0.3 is 10.4 Å². The second kappa shape index (κ2) is 6.19. The Morgan fingerprint density at radius 2 is 1.95 bits per heavy atom. The average molecular weight is 326 g/mol. The van der Waals surface area contributed by atoms with E-state index in [1.165, 1.54) is 6.42 Å². The van der Waals surface area contributed by atoms with Crippen LogP contribution in [0.15, 0.2) is 28.7 Å². The topological polar surface area (TPSA) is 66.4 Å². The van der Waals surface area contributed by atoms with Crippen LogP contribution in [0.5, 0.6) is 0 Å². The van der Waals surface area contributed by atoms with Crippen molar-refractivity contribution < 1.29 is 14.7 Å². The normalized spacial score (nSPS) is 16.5. The van der Waals surface area contributed by atoms with E-state index in [1.54, 1.807) is 24.3 Å². The second-order valence-electron chi connectivity index (χ2n) is 4.89. The van der Waals surface area contributed by atoms with Gasteiger partial charge in [0.05, 0.1) is 0 Å². The van der Waals surface area contributed by atoms with Crippen molar-refractivity contribution in [1.82, 2.24) is 5.32 Å². The number of carboxylic acids is 1. The van der Waals surface area contributed by atoms with Crippen LogP contribution in [0.2, 0.25) is 0 Å². The molecule has 1 aromatic rings. The van der Waals surface area contributed by atoms with Gasteiger partial charge in [-0.3, -0.25) is 4.79 Å². The molecule has 19 heavy (non-hydrogen) atoms. The number of nitrogens with one attached hydrogen (secondary N) is 1. The van der Waals surface area contributed by atoms with E-state index in [-0.39, 0.29) is 5.91 Å². The van der Waals surface area contributed by atoms with Gasteiger partial charge in [-0.2, -0.15) is 0 Å².